The SMILES string of the molecule is CC(C)(O)c1cc(O)ccc1C(=O)O. The zero-order valence-corrected chi connectivity index (χ0v) is 7.98. The van der Waals surface area contributed by atoms with Crippen LogP contribution in [0.25, 0.3) is 0 Å². The first-order valence-corrected chi connectivity index (χ1v) is 4.11. The van der Waals surface area contributed by atoms with Gasteiger partial charge < -0.3 is 15.3 Å². The number of aromatic hydroxyl groups is 1. The molecule has 0 fully saturated rings. The van der Waals surface area contributed by atoms with E-state index in [9.17, 15) is 15.0 Å². The molecular weight excluding hydrogens is 184 g/mol. The minimum absolute atomic E-state index is 0.00435. The molecule has 14 heavy (non-hydrogen) atoms. The quantitative estimate of drug-likeness (QED) is 0.666. The van der Waals surface area contributed by atoms with Crippen molar-refractivity contribution in [2.75, 3.05) is 0 Å². The molecule has 3 N–H and O–H groups in total. The van der Waals surface area contributed by atoms with Crippen LogP contribution in [0.4, 0.5) is 0 Å². The van der Waals surface area contributed by atoms with Gasteiger partial charge in [-0.15, -0.1) is 0 Å². The Balaban J connectivity index is 3.38. The van der Waals surface area contributed by atoms with Crippen LogP contribution in [0, 0.1) is 0 Å². The summed E-state index contributed by atoms with van der Waals surface area (Å²) in [5, 5.41) is 27.7. The molecule has 76 valence electrons. The van der Waals surface area contributed by atoms with Crippen molar-refractivity contribution < 1.29 is 20.1 Å². The van der Waals surface area contributed by atoms with E-state index in [0.29, 0.717) is 0 Å². The monoisotopic (exact) mass is 196 g/mol. The van der Waals surface area contributed by atoms with Gasteiger partial charge in [-0.25, -0.2) is 4.79 Å². The molecule has 0 unspecified atom stereocenters. The molecule has 0 aliphatic rings. The second kappa shape index (κ2) is 3.31. The number of rotatable bonds is 2. The summed E-state index contributed by atoms with van der Waals surface area (Å²) in [5.41, 5.74) is -1.09. The first-order valence-electron chi connectivity index (χ1n) is 4.11. The highest BCUT2D eigenvalue weighted by atomic mass is 16.4. The molecule has 1 aromatic carbocycles. The predicted octanol–water partition coefficient (Wildman–Crippen LogP) is 1.32. The Morgan fingerprint density at radius 3 is 2.36 bits per heavy atom. The molecule has 4 nitrogen and oxygen atoms in total. The van der Waals surface area contributed by atoms with Crippen molar-refractivity contribution in [3.63, 3.8) is 0 Å². The molecule has 0 radical (unpaired) electrons. The van der Waals surface area contributed by atoms with Crippen molar-refractivity contribution in [2.24, 2.45) is 0 Å². The predicted molar refractivity (Wildman–Crippen MR) is 50.3 cm³/mol. The Labute approximate surface area is 81.4 Å². The summed E-state index contributed by atoms with van der Waals surface area (Å²) >= 11 is 0. The third-order valence-corrected chi connectivity index (χ3v) is 1.89. The maximum atomic E-state index is 10.8. The van der Waals surface area contributed by atoms with Crippen LogP contribution in [-0.4, -0.2) is 21.3 Å². The second-order valence-corrected chi connectivity index (χ2v) is 3.59. The Bertz CT molecular complexity index is 363. The molecule has 0 aromatic heterocycles. The van der Waals surface area contributed by atoms with E-state index in [1.54, 1.807) is 0 Å². The molecule has 1 rings (SSSR count). The average molecular weight is 196 g/mol. The summed E-state index contributed by atoms with van der Waals surface area (Å²) in [6, 6.07) is 3.80. The van der Waals surface area contributed by atoms with Gasteiger partial charge in [0.05, 0.1) is 11.2 Å². The summed E-state index contributed by atoms with van der Waals surface area (Å²) in [7, 11) is 0. The molecule has 4 heteroatoms. The zero-order chi connectivity index (χ0) is 10.9. The van der Waals surface area contributed by atoms with Crippen LogP contribution in [0.15, 0.2) is 18.2 Å². The number of hydrogen-bond donors (Lipinski definition) is 3. The van der Waals surface area contributed by atoms with Crippen LogP contribution in [0.2, 0.25) is 0 Å². The highest BCUT2D eigenvalue weighted by Crippen LogP contribution is 2.27. The molecular formula is C10H12O4. The van der Waals surface area contributed by atoms with Crippen molar-refractivity contribution >= 4 is 5.97 Å². The van der Waals surface area contributed by atoms with Gasteiger partial charge in [-0.05, 0) is 32.0 Å². The number of aliphatic hydroxyl groups is 1. The van der Waals surface area contributed by atoms with E-state index >= 15 is 0 Å². The number of carboxylic acid groups (broad SMARTS) is 1. The van der Waals surface area contributed by atoms with Crippen molar-refractivity contribution in [3.05, 3.63) is 29.3 Å². The third-order valence-electron chi connectivity index (χ3n) is 1.89. The van der Waals surface area contributed by atoms with E-state index in [0.717, 1.165) is 0 Å². The highest BCUT2D eigenvalue weighted by molar-refractivity contribution is 5.90. The molecule has 0 aliphatic heterocycles. The number of phenols is 1. The lowest BCUT2D eigenvalue weighted by Crippen LogP contribution is -2.19. The van der Waals surface area contributed by atoms with Crippen LogP contribution in [-0.2, 0) is 5.60 Å². The van der Waals surface area contributed by atoms with Crippen molar-refractivity contribution in [3.8, 4) is 5.75 Å². The summed E-state index contributed by atoms with van der Waals surface area (Å²) in [5.74, 6) is -1.19. The maximum Gasteiger partial charge on any atom is 0.336 e. The first-order chi connectivity index (χ1) is 6.32. The molecule has 0 heterocycles. The molecule has 0 atom stereocenters. The molecule has 0 aliphatic carbocycles. The number of carbonyl (C=O) groups is 1. The van der Waals surface area contributed by atoms with E-state index in [1.165, 1.54) is 32.0 Å². The molecule has 0 saturated heterocycles. The zero-order valence-electron chi connectivity index (χ0n) is 7.98. The van der Waals surface area contributed by atoms with Gasteiger partial charge in [0.1, 0.15) is 5.75 Å². The Morgan fingerprint density at radius 1 is 1.36 bits per heavy atom. The third kappa shape index (κ3) is 2.03. The van der Waals surface area contributed by atoms with Crippen LogP contribution in [0.1, 0.15) is 29.8 Å². The van der Waals surface area contributed by atoms with Crippen molar-refractivity contribution in [2.45, 2.75) is 19.4 Å². The molecule has 0 bridgehead atoms. The van der Waals surface area contributed by atoms with Gasteiger partial charge in [-0.2, -0.15) is 0 Å². The number of phenolic OH excluding ortho intramolecular Hbond substituents is 1. The Hall–Kier alpha value is -1.55. The van der Waals surface area contributed by atoms with E-state index in [-0.39, 0.29) is 16.9 Å². The lowest BCUT2D eigenvalue weighted by molar-refractivity contribution is 0.0629. The fraction of sp³-hybridized carbons (Fsp3) is 0.300. The fourth-order valence-corrected chi connectivity index (χ4v) is 1.22. The van der Waals surface area contributed by atoms with E-state index in [1.807, 2.05) is 0 Å². The van der Waals surface area contributed by atoms with Crippen molar-refractivity contribution in [1.29, 1.82) is 0 Å². The highest BCUT2D eigenvalue weighted by Gasteiger charge is 2.23. The average Bonchev–Trinajstić information content (AvgIpc) is 2.01. The first kappa shape index (κ1) is 10.5. The van der Waals surface area contributed by atoms with Gasteiger partial charge in [0.2, 0.25) is 0 Å². The number of aromatic carboxylic acids is 1. The van der Waals surface area contributed by atoms with Crippen LogP contribution < -0.4 is 0 Å². The summed E-state index contributed by atoms with van der Waals surface area (Å²) in [4.78, 5) is 10.8. The maximum absolute atomic E-state index is 10.8. The Kier molecular flexibility index (Phi) is 2.49. The Morgan fingerprint density at radius 2 is 1.93 bits per heavy atom. The second-order valence-electron chi connectivity index (χ2n) is 3.59. The molecule has 0 spiro atoms. The summed E-state index contributed by atoms with van der Waals surface area (Å²) < 4.78 is 0. The normalized spacial score (nSPS) is 11.4. The molecule has 0 amide bonds. The standard InChI is InChI=1S/C10H12O4/c1-10(2,14)8-5-6(11)3-4-7(8)9(12)13/h3-5,11,14H,1-2H3,(H,12,13). The fourth-order valence-electron chi connectivity index (χ4n) is 1.22. The smallest absolute Gasteiger partial charge is 0.336 e. The van der Waals surface area contributed by atoms with Crippen LogP contribution >= 0.6 is 0 Å². The van der Waals surface area contributed by atoms with E-state index < -0.39 is 11.6 Å². The van der Waals surface area contributed by atoms with E-state index in [4.69, 9.17) is 5.11 Å². The summed E-state index contributed by atoms with van der Waals surface area (Å²) in [6.07, 6.45) is 0. The van der Waals surface area contributed by atoms with Gasteiger partial charge in [0, 0.05) is 5.56 Å². The van der Waals surface area contributed by atoms with Crippen LogP contribution in [0.5, 0.6) is 5.75 Å². The van der Waals surface area contributed by atoms with Gasteiger partial charge in [-0.3, -0.25) is 0 Å². The van der Waals surface area contributed by atoms with Gasteiger partial charge in [-0.1, -0.05) is 0 Å². The van der Waals surface area contributed by atoms with E-state index in [2.05, 4.69) is 0 Å². The van der Waals surface area contributed by atoms with Gasteiger partial charge in [0.15, 0.2) is 0 Å². The lowest BCUT2D eigenvalue weighted by Gasteiger charge is -2.20. The topological polar surface area (TPSA) is 77.8 Å². The number of benzene rings is 1. The minimum Gasteiger partial charge on any atom is -0.508 e. The largest absolute Gasteiger partial charge is 0.508 e. The van der Waals surface area contributed by atoms with Gasteiger partial charge in [0.25, 0.3) is 0 Å². The summed E-state index contributed by atoms with van der Waals surface area (Å²) in [6.45, 7) is 2.93. The molecule has 0 saturated carbocycles. The molecule has 1 aromatic rings. The lowest BCUT2D eigenvalue weighted by atomic mass is 9.93. The van der Waals surface area contributed by atoms with Crippen molar-refractivity contribution in [1.82, 2.24) is 0 Å². The van der Waals surface area contributed by atoms with Crippen LogP contribution in [0.3, 0.4) is 0 Å². The number of carboxylic acids is 1. The number of hydrogen-bond acceptors (Lipinski definition) is 3. The van der Waals surface area contributed by atoms with Gasteiger partial charge >= 0.3 is 5.97 Å². The minimum atomic E-state index is -1.29.